The van der Waals surface area contributed by atoms with E-state index in [0.29, 0.717) is 5.56 Å². The number of hydrogen-bond acceptors (Lipinski definition) is 0. The first-order valence-electron chi connectivity index (χ1n) is 5.42. The van der Waals surface area contributed by atoms with Gasteiger partial charge in [0.25, 0.3) is 0 Å². The number of rotatable bonds is 2. The van der Waals surface area contributed by atoms with Crippen LogP contribution in [0, 0.1) is 11.6 Å². The van der Waals surface area contributed by atoms with E-state index in [-0.39, 0.29) is 70.6 Å². The Morgan fingerprint density at radius 3 is 1.72 bits per heavy atom. The summed E-state index contributed by atoms with van der Waals surface area (Å²) in [6, 6.07) is 3.03. The van der Waals surface area contributed by atoms with Crippen molar-refractivity contribution < 1.29 is 73.1 Å². The average Bonchev–Trinajstić information content (AvgIpc) is 1.91. The Balaban J connectivity index is 0.00000120. The predicted octanol–water partition coefficient (Wildman–Crippen LogP) is 0.992. The Bertz CT molecular complexity index is 459. The minimum absolute atomic E-state index is 0. The summed E-state index contributed by atoms with van der Waals surface area (Å²) in [6.45, 7) is -4.84. The Kier molecular flexibility index (Phi) is 3.56. The van der Waals surface area contributed by atoms with E-state index in [1.807, 2.05) is 0 Å². The predicted molar refractivity (Wildman–Crippen MR) is 53.7 cm³/mol. The van der Waals surface area contributed by atoms with Crippen LogP contribution in [0.15, 0.2) is 18.2 Å². The normalized spacial score (nSPS) is 33.2. The summed E-state index contributed by atoms with van der Waals surface area (Å²) in [5, 5.41) is -1.53. The molecule has 18 heavy (non-hydrogen) atoms. The van der Waals surface area contributed by atoms with Gasteiger partial charge in [0.1, 0.15) is 11.6 Å². The summed E-state index contributed by atoms with van der Waals surface area (Å²) < 4.78 is 64.1. The Morgan fingerprint density at radius 1 is 0.889 bits per heavy atom. The molecule has 3 aliphatic rings. The molecule has 0 aromatic heterocycles. The Morgan fingerprint density at radius 2 is 1.33 bits per heavy atom. The first-order valence-corrected chi connectivity index (χ1v) is 5.42. The molecule has 2 bridgehead atoms. The second-order valence-electron chi connectivity index (χ2n) is 5.41. The van der Waals surface area contributed by atoms with Gasteiger partial charge in [0.2, 0.25) is 0 Å². The molecule has 0 amide bonds. The monoisotopic (exact) mass is 286 g/mol. The molecular formula is C11H9BF5K. The van der Waals surface area contributed by atoms with E-state index in [4.69, 9.17) is 0 Å². The van der Waals surface area contributed by atoms with Crippen molar-refractivity contribution in [3.05, 3.63) is 35.4 Å². The van der Waals surface area contributed by atoms with E-state index in [9.17, 15) is 21.7 Å². The van der Waals surface area contributed by atoms with Crippen LogP contribution in [0.1, 0.15) is 24.8 Å². The molecule has 0 nitrogen and oxygen atoms in total. The molecule has 1 aromatic carbocycles. The van der Waals surface area contributed by atoms with Crippen LogP contribution in [0.25, 0.3) is 0 Å². The van der Waals surface area contributed by atoms with Gasteiger partial charge in [-0.15, -0.1) is 0 Å². The molecule has 4 rings (SSSR count). The number of benzene rings is 1. The summed E-state index contributed by atoms with van der Waals surface area (Å²) >= 11 is 0. The fourth-order valence-corrected chi connectivity index (χ4v) is 3.38. The van der Waals surface area contributed by atoms with Gasteiger partial charge in [-0.25, -0.2) is 8.78 Å². The summed E-state index contributed by atoms with van der Waals surface area (Å²) in [5.41, 5.74) is -0.253. The van der Waals surface area contributed by atoms with Crippen molar-refractivity contribution >= 4 is 6.98 Å². The van der Waals surface area contributed by atoms with Gasteiger partial charge in [-0.1, -0.05) is 24.6 Å². The van der Waals surface area contributed by atoms with Gasteiger partial charge in [-0.05, 0) is 23.1 Å². The van der Waals surface area contributed by atoms with E-state index in [1.165, 1.54) is 0 Å². The first-order chi connectivity index (χ1) is 7.76. The first kappa shape index (κ1) is 15.0. The summed E-state index contributed by atoms with van der Waals surface area (Å²) in [6.07, 6.45) is -0.0226. The molecule has 92 valence electrons. The van der Waals surface area contributed by atoms with Crippen molar-refractivity contribution in [2.45, 2.75) is 30.0 Å². The van der Waals surface area contributed by atoms with Gasteiger partial charge < -0.3 is 12.9 Å². The third kappa shape index (κ3) is 1.93. The maximum absolute atomic E-state index is 13.0. The molecule has 0 aliphatic heterocycles. The van der Waals surface area contributed by atoms with Gasteiger partial charge in [0.15, 0.2) is 0 Å². The van der Waals surface area contributed by atoms with Crippen molar-refractivity contribution in [3.8, 4) is 0 Å². The zero-order valence-electron chi connectivity index (χ0n) is 9.82. The molecule has 0 radical (unpaired) electrons. The van der Waals surface area contributed by atoms with E-state index >= 15 is 0 Å². The van der Waals surface area contributed by atoms with Crippen LogP contribution in [0.2, 0.25) is 5.31 Å². The van der Waals surface area contributed by atoms with Crippen molar-refractivity contribution in [1.29, 1.82) is 0 Å². The third-order valence-corrected chi connectivity index (χ3v) is 4.24. The van der Waals surface area contributed by atoms with Crippen LogP contribution < -0.4 is 51.4 Å². The quantitative estimate of drug-likeness (QED) is 0.562. The van der Waals surface area contributed by atoms with Crippen LogP contribution in [-0.4, -0.2) is 6.98 Å². The average molecular weight is 286 g/mol. The van der Waals surface area contributed by atoms with Crippen LogP contribution in [-0.2, 0) is 5.41 Å². The van der Waals surface area contributed by atoms with Crippen molar-refractivity contribution in [1.82, 2.24) is 0 Å². The van der Waals surface area contributed by atoms with Crippen molar-refractivity contribution in [2.24, 2.45) is 0 Å². The summed E-state index contributed by atoms with van der Waals surface area (Å²) in [5.74, 6) is -1.45. The van der Waals surface area contributed by atoms with Crippen LogP contribution in [0.4, 0.5) is 21.7 Å². The topological polar surface area (TPSA) is 0 Å². The fourth-order valence-electron chi connectivity index (χ4n) is 3.38. The van der Waals surface area contributed by atoms with Crippen molar-refractivity contribution in [2.75, 3.05) is 0 Å². The van der Waals surface area contributed by atoms with E-state index in [0.717, 1.165) is 18.2 Å². The van der Waals surface area contributed by atoms with Gasteiger partial charge in [-0.2, -0.15) is 0 Å². The maximum Gasteiger partial charge on any atom is 1.00 e. The molecule has 0 heterocycles. The van der Waals surface area contributed by atoms with Crippen LogP contribution >= 0.6 is 0 Å². The SMILES string of the molecule is Fc1cc(F)cc(C23CC([B-](F)(F)F)(C2)C3)c1.[K+]. The standard InChI is InChI=1S/C11H9BF5.K/c13-8-1-7(2-9(14)3-8)10-4-11(5-10,6-10)12(15,16)17;/h1-3H,4-6H2;/q-1;+1. The van der Waals surface area contributed by atoms with Crippen LogP contribution in [0.5, 0.6) is 0 Å². The molecule has 3 aliphatic carbocycles. The largest absolute Gasteiger partial charge is 1.00 e. The zero-order valence-corrected chi connectivity index (χ0v) is 12.9. The molecule has 3 fully saturated rings. The molecule has 7 heteroatoms. The molecule has 0 atom stereocenters. The van der Waals surface area contributed by atoms with Gasteiger partial charge in [-0.3, -0.25) is 0 Å². The smallest absolute Gasteiger partial charge is 0.449 e. The van der Waals surface area contributed by atoms with E-state index in [2.05, 4.69) is 0 Å². The molecule has 0 saturated heterocycles. The minimum atomic E-state index is -4.84. The number of halogens is 5. The van der Waals surface area contributed by atoms with E-state index in [1.54, 1.807) is 0 Å². The molecule has 0 spiro atoms. The molecule has 0 N–H and O–H groups in total. The zero-order chi connectivity index (χ0) is 12.5. The second-order valence-corrected chi connectivity index (χ2v) is 5.41. The molecular weight excluding hydrogens is 277 g/mol. The molecule has 0 unspecified atom stereocenters. The summed E-state index contributed by atoms with van der Waals surface area (Å²) in [7, 11) is 0. The van der Waals surface area contributed by atoms with Gasteiger partial charge in [0.05, 0.1) is 0 Å². The maximum atomic E-state index is 13.0. The Hall–Kier alpha value is 0.571. The summed E-state index contributed by atoms with van der Waals surface area (Å²) in [4.78, 5) is 0. The van der Waals surface area contributed by atoms with Crippen LogP contribution in [0.3, 0.4) is 0 Å². The van der Waals surface area contributed by atoms with Gasteiger partial charge >= 0.3 is 58.4 Å². The van der Waals surface area contributed by atoms with E-state index < -0.39 is 29.3 Å². The fraction of sp³-hybridized carbons (Fsp3) is 0.455. The molecule has 1 aromatic rings. The Labute approximate surface area is 144 Å². The molecule has 3 saturated carbocycles. The number of hydrogen-bond donors (Lipinski definition) is 0. The van der Waals surface area contributed by atoms with Gasteiger partial charge in [0, 0.05) is 6.07 Å². The minimum Gasteiger partial charge on any atom is -0.449 e. The van der Waals surface area contributed by atoms with Crippen molar-refractivity contribution in [3.63, 3.8) is 0 Å². The third-order valence-electron chi connectivity index (χ3n) is 4.24. The second kappa shape index (κ2) is 4.28.